The van der Waals surface area contributed by atoms with Gasteiger partial charge < -0.3 is 10.2 Å². The Hall–Kier alpha value is -2.41. The van der Waals surface area contributed by atoms with Gasteiger partial charge in [0.25, 0.3) is 0 Å². The Morgan fingerprint density at radius 2 is 1.86 bits per heavy atom. The summed E-state index contributed by atoms with van der Waals surface area (Å²) >= 11 is 6.08. The lowest BCUT2D eigenvalue weighted by Crippen LogP contribution is -2.37. The van der Waals surface area contributed by atoms with Crippen LogP contribution in [0.3, 0.4) is 0 Å². The molecule has 0 bridgehead atoms. The third-order valence-corrected chi connectivity index (χ3v) is 3.38. The Morgan fingerprint density at radius 1 is 1.24 bits per heavy atom. The van der Waals surface area contributed by atoms with Crippen LogP contribution in [0.4, 0.5) is 0 Å². The maximum Gasteiger partial charge on any atom is 0.358 e. The molecule has 7 nitrogen and oxygen atoms in total. The van der Waals surface area contributed by atoms with Gasteiger partial charge in [-0.2, -0.15) is 0 Å². The molecule has 0 amide bonds. The van der Waals surface area contributed by atoms with Gasteiger partial charge in [-0.15, -0.1) is 5.10 Å². The van der Waals surface area contributed by atoms with Gasteiger partial charge >= 0.3 is 11.9 Å². The van der Waals surface area contributed by atoms with Crippen LogP contribution >= 0.6 is 11.6 Å². The number of benzene rings is 1. The van der Waals surface area contributed by atoms with Crippen LogP contribution in [-0.4, -0.2) is 37.1 Å². The zero-order valence-corrected chi connectivity index (χ0v) is 12.0. The molecule has 0 saturated heterocycles. The lowest BCUT2D eigenvalue weighted by molar-refractivity contribution is -0.146. The fraction of sp³-hybridized carbons (Fsp3) is 0.231. The molecule has 1 aromatic heterocycles. The van der Waals surface area contributed by atoms with Crippen molar-refractivity contribution in [2.24, 2.45) is 0 Å². The molecule has 0 saturated carbocycles. The van der Waals surface area contributed by atoms with Gasteiger partial charge in [-0.25, -0.2) is 14.3 Å². The van der Waals surface area contributed by atoms with E-state index in [-0.39, 0.29) is 16.4 Å². The molecule has 0 spiro atoms. The fourth-order valence-corrected chi connectivity index (χ4v) is 2.03. The van der Waals surface area contributed by atoms with Crippen molar-refractivity contribution in [1.82, 2.24) is 15.0 Å². The average molecular weight is 310 g/mol. The van der Waals surface area contributed by atoms with Gasteiger partial charge in [0, 0.05) is 5.56 Å². The second-order valence-corrected chi connectivity index (χ2v) is 5.25. The zero-order chi connectivity index (χ0) is 15.8. The molecule has 2 rings (SSSR count). The number of carbonyl (C=O) groups is 2. The van der Waals surface area contributed by atoms with Crippen LogP contribution in [0.5, 0.6) is 0 Å². The summed E-state index contributed by atoms with van der Waals surface area (Å²) in [6.45, 7) is 2.80. The molecule has 0 atom stereocenters. The molecule has 2 N–H and O–H groups in total. The average Bonchev–Trinajstić information content (AvgIpc) is 2.84. The van der Waals surface area contributed by atoms with E-state index in [4.69, 9.17) is 11.6 Å². The first-order valence-electron chi connectivity index (χ1n) is 5.94. The van der Waals surface area contributed by atoms with Crippen molar-refractivity contribution >= 4 is 23.5 Å². The summed E-state index contributed by atoms with van der Waals surface area (Å²) in [4.78, 5) is 22.7. The summed E-state index contributed by atoms with van der Waals surface area (Å²) in [5.74, 6) is -2.48. The summed E-state index contributed by atoms with van der Waals surface area (Å²) in [7, 11) is 0. The highest BCUT2D eigenvalue weighted by Gasteiger charge is 2.36. The third kappa shape index (κ3) is 2.47. The minimum absolute atomic E-state index is 0.0560. The number of hydrogen-bond acceptors (Lipinski definition) is 4. The standard InChI is InChI=1S/C13H12ClN3O4/c1-13(2,12(20)21)17-10(9(11(18)19)15-16-17)7-5-3-4-6-8(7)14/h3-6H,1-2H3,(H,18,19)(H,20,21). The molecule has 0 radical (unpaired) electrons. The third-order valence-electron chi connectivity index (χ3n) is 3.05. The monoisotopic (exact) mass is 309 g/mol. The highest BCUT2D eigenvalue weighted by molar-refractivity contribution is 6.33. The highest BCUT2D eigenvalue weighted by atomic mass is 35.5. The van der Waals surface area contributed by atoms with Crippen LogP contribution < -0.4 is 0 Å². The van der Waals surface area contributed by atoms with Crippen LogP contribution in [0.25, 0.3) is 11.3 Å². The smallest absolute Gasteiger partial charge is 0.358 e. The molecule has 8 heteroatoms. The van der Waals surface area contributed by atoms with E-state index in [1.807, 2.05) is 0 Å². The van der Waals surface area contributed by atoms with E-state index in [9.17, 15) is 19.8 Å². The maximum atomic E-state index is 11.4. The molecule has 0 fully saturated rings. The number of halogens is 1. The molecule has 110 valence electrons. The lowest BCUT2D eigenvalue weighted by atomic mass is 10.0. The molecule has 0 aliphatic heterocycles. The van der Waals surface area contributed by atoms with E-state index in [0.29, 0.717) is 5.56 Å². The Labute approximate surface area is 124 Å². The van der Waals surface area contributed by atoms with Gasteiger partial charge in [0.15, 0.2) is 11.2 Å². The molecular weight excluding hydrogens is 298 g/mol. The zero-order valence-electron chi connectivity index (χ0n) is 11.2. The number of aromatic carboxylic acids is 1. The van der Waals surface area contributed by atoms with Crippen LogP contribution in [0.15, 0.2) is 24.3 Å². The lowest BCUT2D eigenvalue weighted by Gasteiger charge is -2.22. The van der Waals surface area contributed by atoms with E-state index < -0.39 is 17.5 Å². The summed E-state index contributed by atoms with van der Waals surface area (Å²) in [6, 6.07) is 6.51. The van der Waals surface area contributed by atoms with Crippen molar-refractivity contribution in [3.63, 3.8) is 0 Å². The quantitative estimate of drug-likeness (QED) is 0.896. The summed E-state index contributed by atoms with van der Waals surface area (Å²) in [6.07, 6.45) is 0. The molecule has 0 aliphatic rings. The molecule has 1 aromatic carbocycles. The van der Waals surface area contributed by atoms with Crippen molar-refractivity contribution < 1.29 is 19.8 Å². The van der Waals surface area contributed by atoms with Crippen molar-refractivity contribution in [1.29, 1.82) is 0 Å². The van der Waals surface area contributed by atoms with E-state index in [1.165, 1.54) is 13.8 Å². The normalized spacial score (nSPS) is 11.4. The Bertz CT molecular complexity index is 724. The molecule has 0 aliphatic carbocycles. The fourth-order valence-electron chi connectivity index (χ4n) is 1.80. The molecule has 0 unspecified atom stereocenters. The molecule has 2 aromatic rings. The van der Waals surface area contributed by atoms with Gasteiger partial charge in [0.05, 0.1) is 5.02 Å². The van der Waals surface area contributed by atoms with E-state index in [2.05, 4.69) is 10.3 Å². The van der Waals surface area contributed by atoms with Crippen LogP contribution in [0.2, 0.25) is 5.02 Å². The van der Waals surface area contributed by atoms with Crippen molar-refractivity contribution in [3.05, 3.63) is 35.0 Å². The number of aliphatic carboxylic acids is 1. The van der Waals surface area contributed by atoms with Crippen molar-refractivity contribution in [2.45, 2.75) is 19.4 Å². The Balaban J connectivity index is 2.79. The van der Waals surface area contributed by atoms with Crippen molar-refractivity contribution in [2.75, 3.05) is 0 Å². The number of carboxylic acid groups (broad SMARTS) is 2. The van der Waals surface area contributed by atoms with E-state index >= 15 is 0 Å². The van der Waals surface area contributed by atoms with E-state index in [1.54, 1.807) is 24.3 Å². The second-order valence-electron chi connectivity index (χ2n) is 4.85. The van der Waals surface area contributed by atoms with Gasteiger partial charge in [-0.05, 0) is 19.9 Å². The minimum Gasteiger partial charge on any atom is -0.479 e. The highest BCUT2D eigenvalue weighted by Crippen LogP contribution is 2.32. The van der Waals surface area contributed by atoms with Gasteiger partial charge in [-0.1, -0.05) is 35.0 Å². The predicted octanol–water partition coefficient (Wildman–Crippen LogP) is 2.12. The Kier molecular flexibility index (Phi) is 3.69. The first-order valence-corrected chi connectivity index (χ1v) is 6.32. The first-order chi connectivity index (χ1) is 9.76. The van der Waals surface area contributed by atoms with Gasteiger partial charge in [0.1, 0.15) is 5.69 Å². The topological polar surface area (TPSA) is 105 Å². The molecule has 21 heavy (non-hydrogen) atoms. The SMILES string of the molecule is CC(C)(C(=O)O)n1nnc(C(=O)O)c1-c1ccccc1Cl. The summed E-state index contributed by atoms with van der Waals surface area (Å²) < 4.78 is 1.06. The van der Waals surface area contributed by atoms with Gasteiger partial charge in [0.2, 0.25) is 0 Å². The number of hydrogen-bond donors (Lipinski definition) is 2. The molecule has 1 heterocycles. The van der Waals surface area contributed by atoms with Crippen molar-refractivity contribution in [3.8, 4) is 11.3 Å². The minimum atomic E-state index is -1.48. The largest absolute Gasteiger partial charge is 0.479 e. The maximum absolute atomic E-state index is 11.4. The second kappa shape index (κ2) is 5.17. The first kappa shape index (κ1) is 15.0. The number of carboxylic acids is 2. The van der Waals surface area contributed by atoms with Crippen LogP contribution in [-0.2, 0) is 10.3 Å². The number of rotatable bonds is 4. The Morgan fingerprint density at radius 3 is 2.38 bits per heavy atom. The van der Waals surface area contributed by atoms with Crippen LogP contribution in [0, 0.1) is 0 Å². The van der Waals surface area contributed by atoms with Gasteiger partial charge in [-0.3, -0.25) is 0 Å². The van der Waals surface area contributed by atoms with Crippen LogP contribution in [0.1, 0.15) is 24.3 Å². The number of nitrogens with zero attached hydrogens (tertiary/aromatic N) is 3. The predicted molar refractivity (Wildman–Crippen MR) is 74.4 cm³/mol. The summed E-state index contributed by atoms with van der Waals surface area (Å²) in [5.41, 5.74) is -1.41. The summed E-state index contributed by atoms with van der Waals surface area (Å²) in [5, 5.41) is 26.1. The number of aromatic nitrogens is 3. The van der Waals surface area contributed by atoms with E-state index in [0.717, 1.165) is 4.68 Å². The molecular formula is C13H12ClN3O4.